The van der Waals surface area contributed by atoms with Gasteiger partial charge in [0.15, 0.2) is 0 Å². The normalized spacial score (nSPS) is 17.8. The zero-order valence-electron chi connectivity index (χ0n) is 11.8. The lowest BCUT2D eigenvalue weighted by molar-refractivity contribution is 0.247. The van der Waals surface area contributed by atoms with Crippen molar-refractivity contribution in [3.8, 4) is 0 Å². The third kappa shape index (κ3) is 7.16. The Balaban J connectivity index is 2.17. The Morgan fingerprint density at radius 3 is 2.06 bits per heavy atom. The molecule has 1 rings (SSSR count). The van der Waals surface area contributed by atoms with E-state index in [0.29, 0.717) is 24.9 Å². The van der Waals surface area contributed by atoms with E-state index in [9.17, 15) is 0 Å². The molecule has 1 aliphatic carbocycles. The van der Waals surface area contributed by atoms with Crippen molar-refractivity contribution in [2.75, 3.05) is 6.73 Å². The van der Waals surface area contributed by atoms with Gasteiger partial charge in [-0.2, -0.15) is 0 Å². The minimum absolute atomic E-state index is 0.476. The van der Waals surface area contributed by atoms with Gasteiger partial charge in [-0.3, -0.25) is 5.32 Å². The number of nitrogens with one attached hydrogen (secondary N) is 3. The molecule has 5 heteroatoms. The van der Waals surface area contributed by atoms with Crippen LogP contribution >= 0.6 is 0 Å². The second-order valence-corrected chi connectivity index (χ2v) is 7.28. The lowest BCUT2D eigenvalue weighted by Crippen LogP contribution is -2.56. The van der Waals surface area contributed by atoms with Crippen molar-refractivity contribution in [1.29, 1.82) is 0 Å². The molecule has 0 aromatic rings. The van der Waals surface area contributed by atoms with Crippen LogP contribution in [0, 0.1) is 0 Å². The molecule has 17 heavy (non-hydrogen) atoms. The lowest BCUT2D eigenvalue weighted by atomic mass is 10.3. The summed E-state index contributed by atoms with van der Waals surface area (Å²) in [5.41, 5.74) is 0. The third-order valence-corrected chi connectivity index (χ3v) is 5.39. The maximum absolute atomic E-state index is 5.93. The van der Waals surface area contributed by atoms with E-state index in [1.165, 1.54) is 25.7 Å². The summed E-state index contributed by atoms with van der Waals surface area (Å²) in [4.78, 5) is 7.00. The summed E-state index contributed by atoms with van der Waals surface area (Å²) >= 11 is 0. The average molecular weight is 259 g/mol. The van der Waals surface area contributed by atoms with Gasteiger partial charge in [0.25, 0.3) is 0 Å². The van der Waals surface area contributed by atoms with Crippen molar-refractivity contribution >= 4 is 9.36 Å². The molecule has 3 N–H and O–H groups in total. The molecular weight excluding hydrogens is 230 g/mol. The van der Waals surface area contributed by atoms with Crippen molar-refractivity contribution in [1.82, 2.24) is 15.3 Å². The Bertz CT molecular complexity index is 186. The van der Waals surface area contributed by atoms with Crippen LogP contribution in [0.1, 0.15) is 53.4 Å². The number of hydrogen-bond acceptors (Lipinski definition) is 4. The Kier molecular flexibility index (Phi) is 7.30. The minimum Gasteiger partial charge on any atom is -0.381 e. The van der Waals surface area contributed by atoms with Crippen molar-refractivity contribution in [2.24, 2.45) is 0 Å². The molecule has 0 aromatic carbocycles. The van der Waals surface area contributed by atoms with Gasteiger partial charge in [-0.15, -0.1) is 0 Å². The van der Waals surface area contributed by atoms with Gasteiger partial charge < -0.3 is 14.4 Å². The maximum Gasteiger partial charge on any atom is 0.336 e. The standard InChI is InChI=1S/C12H29N3OSi/c1-10(2)14-17(15-11(3)4)16-9-13-12-7-5-6-8-12/h10-15,17H,5-9H2,1-4H3. The van der Waals surface area contributed by atoms with Crippen molar-refractivity contribution < 1.29 is 4.43 Å². The monoisotopic (exact) mass is 259 g/mol. The summed E-state index contributed by atoms with van der Waals surface area (Å²) < 4.78 is 5.93. The van der Waals surface area contributed by atoms with E-state index in [1.807, 2.05) is 0 Å². The molecule has 0 atom stereocenters. The van der Waals surface area contributed by atoms with Crippen LogP contribution in [-0.4, -0.2) is 34.2 Å². The van der Waals surface area contributed by atoms with Crippen LogP contribution in [-0.2, 0) is 4.43 Å². The largest absolute Gasteiger partial charge is 0.381 e. The molecule has 0 spiro atoms. The fourth-order valence-corrected chi connectivity index (χ4v) is 3.89. The van der Waals surface area contributed by atoms with E-state index >= 15 is 0 Å². The highest BCUT2D eigenvalue weighted by atomic mass is 28.3. The Morgan fingerprint density at radius 2 is 1.59 bits per heavy atom. The van der Waals surface area contributed by atoms with Crippen LogP contribution in [0.4, 0.5) is 0 Å². The highest BCUT2D eigenvalue weighted by Gasteiger charge is 2.17. The van der Waals surface area contributed by atoms with Crippen molar-refractivity contribution in [2.45, 2.75) is 71.5 Å². The van der Waals surface area contributed by atoms with Crippen LogP contribution in [0.25, 0.3) is 0 Å². The molecule has 0 radical (unpaired) electrons. The van der Waals surface area contributed by atoms with Crippen LogP contribution in [0.15, 0.2) is 0 Å². The predicted octanol–water partition coefficient (Wildman–Crippen LogP) is 1.21. The lowest BCUT2D eigenvalue weighted by Gasteiger charge is -2.24. The van der Waals surface area contributed by atoms with Gasteiger partial charge in [0.1, 0.15) is 0 Å². The van der Waals surface area contributed by atoms with Crippen LogP contribution in [0.2, 0.25) is 0 Å². The molecule has 4 nitrogen and oxygen atoms in total. The summed E-state index contributed by atoms with van der Waals surface area (Å²) in [7, 11) is -1.47. The molecule has 0 unspecified atom stereocenters. The van der Waals surface area contributed by atoms with Crippen molar-refractivity contribution in [3.63, 3.8) is 0 Å². The SMILES string of the molecule is CC(C)N[SiH](NC(C)C)OCNC1CCCC1. The molecule has 1 aliphatic rings. The van der Waals surface area contributed by atoms with E-state index in [-0.39, 0.29) is 0 Å². The molecule has 0 aliphatic heterocycles. The highest BCUT2D eigenvalue weighted by Crippen LogP contribution is 2.17. The molecule has 0 aromatic heterocycles. The summed E-state index contributed by atoms with van der Waals surface area (Å²) in [6, 6.07) is 1.64. The molecule has 0 heterocycles. The van der Waals surface area contributed by atoms with E-state index in [4.69, 9.17) is 4.43 Å². The second kappa shape index (κ2) is 8.21. The fraction of sp³-hybridized carbons (Fsp3) is 1.00. The Labute approximate surface area is 108 Å². The summed E-state index contributed by atoms with van der Waals surface area (Å²) in [5, 5.41) is 3.49. The van der Waals surface area contributed by atoms with Gasteiger partial charge in [-0.25, -0.2) is 0 Å². The number of rotatable bonds is 8. The summed E-state index contributed by atoms with van der Waals surface area (Å²) in [5.74, 6) is 0. The van der Waals surface area contributed by atoms with E-state index in [2.05, 4.69) is 43.0 Å². The number of hydrogen-bond donors (Lipinski definition) is 3. The molecule has 102 valence electrons. The topological polar surface area (TPSA) is 45.3 Å². The first kappa shape index (κ1) is 15.1. The summed E-state index contributed by atoms with van der Waals surface area (Å²) in [6.45, 7) is 9.33. The molecular formula is C12H29N3OSi. The van der Waals surface area contributed by atoms with E-state index < -0.39 is 9.36 Å². The van der Waals surface area contributed by atoms with Gasteiger partial charge in [-0.1, -0.05) is 40.5 Å². The first-order valence-corrected chi connectivity index (χ1v) is 8.57. The molecule has 0 amide bonds. The smallest absolute Gasteiger partial charge is 0.336 e. The summed E-state index contributed by atoms with van der Waals surface area (Å²) in [6.07, 6.45) is 5.36. The Morgan fingerprint density at radius 1 is 1.06 bits per heavy atom. The highest BCUT2D eigenvalue weighted by molar-refractivity contribution is 6.46. The van der Waals surface area contributed by atoms with Gasteiger partial charge in [-0.05, 0) is 24.9 Å². The zero-order valence-corrected chi connectivity index (χ0v) is 12.9. The maximum atomic E-state index is 5.93. The first-order valence-electron chi connectivity index (χ1n) is 6.95. The van der Waals surface area contributed by atoms with E-state index in [0.717, 1.165) is 0 Å². The molecule has 0 saturated heterocycles. The van der Waals surface area contributed by atoms with Gasteiger partial charge in [0.2, 0.25) is 0 Å². The first-order chi connectivity index (χ1) is 8.08. The Hall–Kier alpha value is 0.0569. The predicted molar refractivity (Wildman–Crippen MR) is 75.0 cm³/mol. The molecule has 1 fully saturated rings. The van der Waals surface area contributed by atoms with Crippen LogP contribution in [0.5, 0.6) is 0 Å². The zero-order chi connectivity index (χ0) is 12.7. The quantitative estimate of drug-likeness (QED) is 0.453. The average Bonchev–Trinajstić information content (AvgIpc) is 2.68. The molecule has 0 bridgehead atoms. The van der Waals surface area contributed by atoms with Gasteiger partial charge >= 0.3 is 9.36 Å². The fourth-order valence-electron chi connectivity index (χ4n) is 2.13. The van der Waals surface area contributed by atoms with Crippen LogP contribution in [0.3, 0.4) is 0 Å². The third-order valence-electron chi connectivity index (χ3n) is 2.95. The van der Waals surface area contributed by atoms with Gasteiger partial charge in [0.05, 0.1) is 6.73 Å². The molecule has 1 saturated carbocycles. The second-order valence-electron chi connectivity index (χ2n) is 5.52. The van der Waals surface area contributed by atoms with Crippen molar-refractivity contribution in [3.05, 3.63) is 0 Å². The van der Waals surface area contributed by atoms with Gasteiger partial charge in [0, 0.05) is 6.04 Å². The van der Waals surface area contributed by atoms with E-state index in [1.54, 1.807) is 0 Å². The van der Waals surface area contributed by atoms with Crippen LogP contribution < -0.4 is 15.3 Å². The minimum atomic E-state index is -1.47.